The zero-order chi connectivity index (χ0) is 21.3. The van der Waals surface area contributed by atoms with E-state index in [2.05, 4.69) is 15.3 Å². The van der Waals surface area contributed by atoms with Gasteiger partial charge in [0, 0.05) is 24.2 Å². The van der Waals surface area contributed by atoms with Crippen LogP contribution >= 0.6 is 0 Å². The SMILES string of the molecule is CNc1ncc2c(-c3cccc(F)c3)cc(-c3ccc(C(=O)O)cc3)c(OC)c2n1. The number of halogens is 1. The third-order valence-corrected chi connectivity index (χ3v) is 4.83. The molecule has 30 heavy (non-hydrogen) atoms. The fraction of sp³-hybridized carbons (Fsp3) is 0.0870. The Balaban J connectivity index is 2.05. The van der Waals surface area contributed by atoms with Gasteiger partial charge in [0.25, 0.3) is 0 Å². The number of nitrogens with one attached hydrogen (secondary N) is 1. The first-order valence-electron chi connectivity index (χ1n) is 9.17. The van der Waals surface area contributed by atoms with E-state index in [1.54, 1.807) is 38.6 Å². The summed E-state index contributed by atoms with van der Waals surface area (Å²) in [6.07, 6.45) is 1.67. The Hall–Kier alpha value is -4.00. The maximum absolute atomic E-state index is 13.9. The van der Waals surface area contributed by atoms with Crippen molar-refractivity contribution in [2.24, 2.45) is 0 Å². The number of nitrogens with zero attached hydrogens (tertiary/aromatic N) is 2. The fourth-order valence-electron chi connectivity index (χ4n) is 3.40. The maximum atomic E-state index is 13.9. The van der Waals surface area contributed by atoms with Crippen LogP contribution < -0.4 is 10.1 Å². The number of benzene rings is 3. The quantitative estimate of drug-likeness (QED) is 0.496. The molecule has 0 aliphatic rings. The molecule has 2 N–H and O–H groups in total. The summed E-state index contributed by atoms with van der Waals surface area (Å²) in [6, 6.07) is 14.7. The molecular formula is C23H18FN3O3. The highest BCUT2D eigenvalue weighted by atomic mass is 19.1. The van der Waals surface area contributed by atoms with Gasteiger partial charge in [0.15, 0.2) is 5.75 Å². The van der Waals surface area contributed by atoms with E-state index in [-0.39, 0.29) is 11.4 Å². The number of methoxy groups -OCH3 is 1. The zero-order valence-electron chi connectivity index (χ0n) is 16.3. The van der Waals surface area contributed by atoms with Gasteiger partial charge in [-0.15, -0.1) is 0 Å². The smallest absolute Gasteiger partial charge is 0.335 e. The van der Waals surface area contributed by atoms with Crippen LogP contribution in [0.2, 0.25) is 0 Å². The molecule has 1 heterocycles. The molecular weight excluding hydrogens is 385 g/mol. The molecule has 150 valence electrons. The van der Waals surface area contributed by atoms with E-state index in [4.69, 9.17) is 4.74 Å². The Morgan fingerprint density at radius 3 is 2.47 bits per heavy atom. The van der Waals surface area contributed by atoms with Crippen LogP contribution in [-0.2, 0) is 0 Å². The average molecular weight is 403 g/mol. The minimum Gasteiger partial charge on any atom is -0.494 e. The summed E-state index contributed by atoms with van der Waals surface area (Å²) in [7, 11) is 3.27. The van der Waals surface area contributed by atoms with Crippen molar-refractivity contribution in [2.45, 2.75) is 0 Å². The average Bonchev–Trinajstić information content (AvgIpc) is 2.77. The Bertz CT molecular complexity index is 1260. The normalized spacial score (nSPS) is 10.8. The lowest BCUT2D eigenvalue weighted by Crippen LogP contribution is -2.00. The van der Waals surface area contributed by atoms with Crippen LogP contribution in [0.4, 0.5) is 10.3 Å². The van der Waals surface area contributed by atoms with Crippen molar-refractivity contribution >= 4 is 22.8 Å². The molecule has 6 nitrogen and oxygen atoms in total. The minimum absolute atomic E-state index is 0.184. The molecule has 0 fully saturated rings. The molecule has 0 amide bonds. The van der Waals surface area contributed by atoms with Crippen LogP contribution in [0.3, 0.4) is 0 Å². The molecule has 0 atom stereocenters. The predicted molar refractivity (Wildman–Crippen MR) is 113 cm³/mol. The van der Waals surface area contributed by atoms with Gasteiger partial charge in [-0.25, -0.2) is 19.2 Å². The number of aromatic nitrogens is 2. The predicted octanol–water partition coefficient (Wildman–Crippen LogP) is 4.85. The minimum atomic E-state index is -1.00. The van der Waals surface area contributed by atoms with Crippen LogP contribution in [0.25, 0.3) is 33.2 Å². The van der Waals surface area contributed by atoms with Crippen molar-refractivity contribution in [2.75, 3.05) is 19.5 Å². The van der Waals surface area contributed by atoms with Crippen LogP contribution in [0.1, 0.15) is 10.4 Å². The first-order valence-corrected chi connectivity index (χ1v) is 9.17. The summed E-state index contributed by atoms with van der Waals surface area (Å²) < 4.78 is 19.6. The molecule has 0 radical (unpaired) electrons. The summed E-state index contributed by atoms with van der Waals surface area (Å²) >= 11 is 0. The second-order valence-electron chi connectivity index (χ2n) is 6.60. The molecule has 0 aliphatic heterocycles. The lowest BCUT2D eigenvalue weighted by molar-refractivity contribution is 0.0697. The second kappa shape index (κ2) is 7.79. The Labute approximate surface area is 172 Å². The lowest BCUT2D eigenvalue weighted by atomic mass is 9.94. The molecule has 0 spiro atoms. The second-order valence-corrected chi connectivity index (χ2v) is 6.60. The molecule has 1 aromatic heterocycles. The van der Waals surface area contributed by atoms with Gasteiger partial charge in [-0.1, -0.05) is 24.3 Å². The van der Waals surface area contributed by atoms with Crippen molar-refractivity contribution < 1.29 is 19.0 Å². The van der Waals surface area contributed by atoms with Crippen LogP contribution in [0.15, 0.2) is 60.8 Å². The number of ether oxygens (including phenoxy) is 1. The van der Waals surface area contributed by atoms with E-state index in [1.807, 2.05) is 12.1 Å². The number of carboxylic acids is 1. The van der Waals surface area contributed by atoms with E-state index in [0.717, 1.165) is 11.1 Å². The third kappa shape index (κ3) is 3.41. The van der Waals surface area contributed by atoms with Crippen LogP contribution in [0.5, 0.6) is 5.75 Å². The highest BCUT2D eigenvalue weighted by Crippen LogP contribution is 2.41. The van der Waals surface area contributed by atoms with Gasteiger partial charge in [-0.2, -0.15) is 0 Å². The first-order chi connectivity index (χ1) is 14.5. The van der Waals surface area contributed by atoms with Gasteiger partial charge >= 0.3 is 5.97 Å². The summed E-state index contributed by atoms with van der Waals surface area (Å²) in [5, 5.41) is 12.8. The summed E-state index contributed by atoms with van der Waals surface area (Å²) in [5.74, 6) is -0.410. The Morgan fingerprint density at radius 1 is 1.07 bits per heavy atom. The number of anilines is 1. The topological polar surface area (TPSA) is 84.3 Å². The third-order valence-electron chi connectivity index (χ3n) is 4.83. The summed E-state index contributed by atoms with van der Waals surface area (Å²) in [5.41, 5.74) is 3.62. The van der Waals surface area contributed by atoms with Gasteiger partial charge in [0.2, 0.25) is 5.95 Å². The molecule has 0 saturated heterocycles. The number of aromatic carboxylic acids is 1. The van der Waals surface area contributed by atoms with Crippen LogP contribution in [0, 0.1) is 5.82 Å². The standard InChI is InChI=1S/C23H18FN3O3/c1-25-23-26-12-19-17(15-4-3-5-16(24)10-15)11-18(21(30-2)20(19)27-23)13-6-8-14(9-7-13)22(28)29/h3-12H,1-2H3,(H,28,29)(H,25,26,27). The number of carbonyl (C=O) groups is 1. The summed E-state index contributed by atoms with van der Waals surface area (Å²) in [4.78, 5) is 20.1. The van der Waals surface area contributed by atoms with Gasteiger partial charge in [0.1, 0.15) is 11.3 Å². The lowest BCUT2D eigenvalue weighted by Gasteiger charge is -2.16. The number of hydrogen-bond donors (Lipinski definition) is 2. The maximum Gasteiger partial charge on any atom is 0.335 e. The van der Waals surface area contributed by atoms with E-state index in [1.165, 1.54) is 24.3 Å². The zero-order valence-corrected chi connectivity index (χ0v) is 16.3. The summed E-state index contributed by atoms with van der Waals surface area (Å²) in [6.45, 7) is 0. The van der Waals surface area contributed by atoms with Crippen molar-refractivity contribution in [1.29, 1.82) is 0 Å². The molecule has 0 unspecified atom stereocenters. The van der Waals surface area contributed by atoms with E-state index in [0.29, 0.717) is 33.7 Å². The molecule has 4 aromatic rings. The number of fused-ring (bicyclic) bond motifs is 1. The van der Waals surface area contributed by atoms with E-state index in [9.17, 15) is 14.3 Å². The van der Waals surface area contributed by atoms with Crippen molar-refractivity contribution in [3.8, 4) is 28.0 Å². The number of rotatable bonds is 5. The van der Waals surface area contributed by atoms with E-state index >= 15 is 0 Å². The van der Waals surface area contributed by atoms with Crippen molar-refractivity contribution in [1.82, 2.24) is 9.97 Å². The Kier molecular flexibility index (Phi) is 5.02. The van der Waals surface area contributed by atoms with Gasteiger partial charge < -0.3 is 15.2 Å². The molecule has 7 heteroatoms. The fourth-order valence-corrected chi connectivity index (χ4v) is 3.40. The highest BCUT2D eigenvalue weighted by Gasteiger charge is 2.18. The highest BCUT2D eigenvalue weighted by molar-refractivity contribution is 6.03. The Morgan fingerprint density at radius 2 is 1.83 bits per heavy atom. The molecule has 0 bridgehead atoms. The molecule has 3 aromatic carbocycles. The molecule has 4 rings (SSSR count). The van der Waals surface area contributed by atoms with E-state index < -0.39 is 5.97 Å². The van der Waals surface area contributed by atoms with Crippen molar-refractivity contribution in [3.63, 3.8) is 0 Å². The number of carboxylic acid groups (broad SMARTS) is 1. The molecule has 0 saturated carbocycles. The molecule has 0 aliphatic carbocycles. The first kappa shape index (κ1) is 19.3. The number of hydrogen-bond acceptors (Lipinski definition) is 5. The van der Waals surface area contributed by atoms with Gasteiger partial charge in [-0.3, -0.25) is 0 Å². The van der Waals surface area contributed by atoms with Crippen LogP contribution in [-0.4, -0.2) is 35.2 Å². The monoisotopic (exact) mass is 403 g/mol. The van der Waals surface area contributed by atoms with Crippen molar-refractivity contribution in [3.05, 3.63) is 72.2 Å². The van der Waals surface area contributed by atoms with Gasteiger partial charge in [-0.05, 0) is 47.0 Å². The van der Waals surface area contributed by atoms with Gasteiger partial charge in [0.05, 0.1) is 12.7 Å². The largest absolute Gasteiger partial charge is 0.494 e.